The molecule has 0 spiro atoms. The Morgan fingerprint density at radius 1 is 1.57 bits per heavy atom. The maximum atomic E-state index is 10.6. The minimum Gasteiger partial charge on any atom is -0.351 e. The Bertz CT molecular complexity index is 490. The molecule has 0 bridgehead atoms. The predicted octanol–water partition coefficient (Wildman–Crippen LogP) is -0.0767. The SMILES string of the molecule is Cc1cnn2c(NC(N)=O)ncnc12. The highest BCUT2D eigenvalue weighted by Crippen LogP contribution is 2.09. The Kier molecular flexibility index (Phi) is 1.77. The molecule has 7 heteroatoms. The van der Waals surface area contributed by atoms with Gasteiger partial charge in [-0.05, 0) is 6.92 Å². The number of aryl methyl sites for hydroxylation is 1. The van der Waals surface area contributed by atoms with Gasteiger partial charge in [0.15, 0.2) is 5.65 Å². The zero-order chi connectivity index (χ0) is 10.1. The summed E-state index contributed by atoms with van der Waals surface area (Å²) in [6, 6.07) is -0.682. The topological polar surface area (TPSA) is 98.2 Å². The third-order valence-corrected chi connectivity index (χ3v) is 1.72. The van der Waals surface area contributed by atoms with Gasteiger partial charge in [-0.1, -0.05) is 0 Å². The van der Waals surface area contributed by atoms with Crippen molar-refractivity contribution in [3.63, 3.8) is 0 Å². The third kappa shape index (κ3) is 1.24. The number of urea groups is 1. The number of anilines is 1. The van der Waals surface area contributed by atoms with Crippen LogP contribution in [0.5, 0.6) is 0 Å². The van der Waals surface area contributed by atoms with Crippen LogP contribution in [0.25, 0.3) is 5.65 Å². The number of nitrogens with one attached hydrogen (secondary N) is 1. The number of primary amides is 1. The van der Waals surface area contributed by atoms with Crippen molar-refractivity contribution in [2.24, 2.45) is 5.73 Å². The third-order valence-electron chi connectivity index (χ3n) is 1.72. The molecule has 0 aliphatic heterocycles. The molecule has 0 aromatic carbocycles. The van der Waals surface area contributed by atoms with Crippen LogP contribution in [0.15, 0.2) is 12.5 Å². The molecule has 0 aliphatic rings. The molecule has 3 N–H and O–H groups in total. The first-order chi connectivity index (χ1) is 6.68. The quantitative estimate of drug-likeness (QED) is 0.660. The Morgan fingerprint density at radius 3 is 3.07 bits per heavy atom. The molecule has 2 rings (SSSR count). The maximum absolute atomic E-state index is 10.6. The van der Waals surface area contributed by atoms with Crippen LogP contribution in [0.1, 0.15) is 5.56 Å². The molecule has 2 heterocycles. The van der Waals surface area contributed by atoms with Crippen molar-refractivity contribution in [2.75, 3.05) is 5.32 Å². The summed E-state index contributed by atoms with van der Waals surface area (Å²) in [7, 11) is 0. The van der Waals surface area contributed by atoms with E-state index in [4.69, 9.17) is 5.73 Å². The predicted molar refractivity (Wildman–Crippen MR) is 48.7 cm³/mol. The van der Waals surface area contributed by atoms with Crippen LogP contribution in [0, 0.1) is 6.92 Å². The molecule has 0 saturated carbocycles. The van der Waals surface area contributed by atoms with E-state index in [2.05, 4.69) is 20.4 Å². The van der Waals surface area contributed by atoms with Crippen LogP contribution in [0.2, 0.25) is 0 Å². The molecular formula is C7H8N6O. The highest BCUT2D eigenvalue weighted by atomic mass is 16.2. The van der Waals surface area contributed by atoms with Crippen molar-refractivity contribution >= 4 is 17.6 Å². The van der Waals surface area contributed by atoms with Crippen molar-refractivity contribution in [2.45, 2.75) is 6.92 Å². The van der Waals surface area contributed by atoms with Crippen LogP contribution in [0.3, 0.4) is 0 Å². The molecule has 0 fully saturated rings. The van der Waals surface area contributed by atoms with Crippen LogP contribution in [-0.2, 0) is 0 Å². The van der Waals surface area contributed by atoms with Crippen molar-refractivity contribution < 1.29 is 4.79 Å². The fourth-order valence-electron chi connectivity index (χ4n) is 1.12. The number of nitrogens with zero attached hydrogens (tertiary/aromatic N) is 4. The molecule has 0 atom stereocenters. The number of aromatic nitrogens is 4. The summed E-state index contributed by atoms with van der Waals surface area (Å²) in [5.74, 6) is 0.260. The summed E-state index contributed by atoms with van der Waals surface area (Å²) < 4.78 is 1.42. The first-order valence-electron chi connectivity index (χ1n) is 3.90. The van der Waals surface area contributed by atoms with Gasteiger partial charge in [-0.25, -0.2) is 14.8 Å². The van der Waals surface area contributed by atoms with E-state index in [-0.39, 0.29) is 5.95 Å². The number of fused-ring (bicyclic) bond motifs is 1. The van der Waals surface area contributed by atoms with E-state index in [1.54, 1.807) is 6.20 Å². The van der Waals surface area contributed by atoms with Crippen LogP contribution < -0.4 is 11.1 Å². The molecule has 72 valence electrons. The van der Waals surface area contributed by atoms with E-state index in [9.17, 15) is 4.79 Å². The standard InChI is InChI=1S/C7H8N6O/c1-4-2-11-13-5(4)9-3-10-7(13)12-6(8)14/h2-3H,1H3,(H3,8,9,10,12,14). The second kappa shape index (κ2) is 2.95. The zero-order valence-corrected chi connectivity index (χ0v) is 7.43. The van der Waals surface area contributed by atoms with Gasteiger partial charge in [-0.15, -0.1) is 0 Å². The van der Waals surface area contributed by atoms with Crippen LogP contribution in [-0.4, -0.2) is 25.6 Å². The van der Waals surface area contributed by atoms with E-state index in [0.717, 1.165) is 5.56 Å². The second-order valence-corrected chi connectivity index (χ2v) is 2.75. The zero-order valence-electron chi connectivity index (χ0n) is 7.43. The smallest absolute Gasteiger partial charge is 0.319 e. The van der Waals surface area contributed by atoms with Crippen LogP contribution >= 0.6 is 0 Å². The second-order valence-electron chi connectivity index (χ2n) is 2.75. The summed E-state index contributed by atoms with van der Waals surface area (Å²) in [6.07, 6.45) is 2.98. The Labute approximate surface area is 79.0 Å². The molecule has 2 aromatic heterocycles. The van der Waals surface area contributed by atoms with E-state index in [0.29, 0.717) is 5.65 Å². The Hall–Kier alpha value is -2.18. The highest BCUT2D eigenvalue weighted by Gasteiger charge is 2.07. The Morgan fingerprint density at radius 2 is 2.36 bits per heavy atom. The van der Waals surface area contributed by atoms with E-state index in [1.807, 2.05) is 6.92 Å². The lowest BCUT2D eigenvalue weighted by Crippen LogP contribution is -2.22. The number of amides is 2. The Balaban J connectivity index is 2.59. The molecular weight excluding hydrogens is 184 g/mol. The van der Waals surface area contributed by atoms with Gasteiger partial charge >= 0.3 is 6.03 Å². The van der Waals surface area contributed by atoms with E-state index < -0.39 is 6.03 Å². The van der Waals surface area contributed by atoms with E-state index in [1.165, 1.54) is 10.8 Å². The van der Waals surface area contributed by atoms with Gasteiger partial charge in [0.05, 0.1) is 6.20 Å². The number of carbonyl (C=O) groups excluding carboxylic acids is 1. The molecule has 2 amide bonds. The fourth-order valence-corrected chi connectivity index (χ4v) is 1.12. The molecule has 0 aliphatic carbocycles. The lowest BCUT2D eigenvalue weighted by Gasteiger charge is -2.01. The van der Waals surface area contributed by atoms with Gasteiger partial charge in [-0.3, -0.25) is 5.32 Å². The average Bonchev–Trinajstić information content (AvgIpc) is 2.49. The highest BCUT2D eigenvalue weighted by molar-refractivity contribution is 5.86. The van der Waals surface area contributed by atoms with Gasteiger partial charge in [0, 0.05) is 5.56 Å². The largest absolute Gasteiger partial charge is 0.351 e. The summed E-state index contributed by atoms with van der Waals surface area (Å²) in [4.78, 5) is 18.5. The van der Waals surface area contributed by atoms with Gasteiger partial charge < -0.3 is 5.73 Å². The van der Waals surface area contributed by atoms with Crippen molar-refractivity contribution in [3.05, 3.63) is 18.1 Å². The van der Waals surface area contributed by atoms with Gasteiger partial charge in [0.1, 0.15) is 6.33 Å². The van der Waals surface area contributed by atoms with E-state index >= 15 is 0 Å². The maximum Gasteiger partial charge on any atom is 0.319 e. The molecule has 2 aromatic rings. The number of nitrogens with two attached hydrogens (primary N) is 1. The molecule has 7 nitrogen and oxygen atoms in total. The molecule has 0 radical (unpaired) electrons. The monoisotopic (exact) mass is 192 g/mol. The van der Waals surface area contributed by atoms with Crippen molar-refractivity contribution in [3.8, 4) is 0 Å². The van der Waals surface area contributed by atoms with Crippen molar-refractivity contribution in [1.29, 1.82) is 0 Å². The summed E-state index contributed by atoms with van der Waals surface area (Å²) in [5.41, 5.74) is 6.52. The normalized spacial score (nSPS) is 10.4. The van der Waals surface area contributed by atoms with Crippen LogP contribution in [0.4, 0.5) is 10.7 Å². The summed E-state index contributed by atoms with van der Waals surface area (Å²) in [6.45, 7) is 1.86. The lowest BCUT2D eigenvalue weighted by molar-refractivity contribution is 0.259. The molecule has 0 saturated heterocycles. The summed E-state index contributed by atoms with van der Waals surface area (Å²) >= 11 is 0. The van der Waals surface area contributed by atoms with Gasteiger partial charge in [0.2, 0.25) is 5.95 Å². The molecule has 14 heavy (non-hydrogen) atoms. The minimum absolute atomic E-state index is 0.260. The lowest BCUT2D eigenvalue weighted by atomic mass is 10.4. The van der Waals surface area contributed by atoms with Gasteiger partial charge in [-0.2, -0.15) is 9.61 Å². The number of hydrogen-bond acceptors (Lipinski definition) is 4. The fraction of sp³-hybridized carbons (Fsp3) is 0.143. The minimum atomic E-state index is -0.682. The number of hydrogen-bond donors (Lipinski definition) is 2. The summed E-state index contributed by atoms with van der Waals surface area (Å²) in [5, 5.41) is 6.34. The van der Waals surface area contributed by atoms with Gasteiger partial charge in [0.25, 0.3) is 0 Å². The number of rotatable bonds is 1. The first kappa shape index (κ1) is 8.42. The first-order valence-corrected chi connectivity index (χ1v) is 3.90. The van der Waals surface area contributed by atoms with Crippen molar-refractivity contribution in [1.82, 2.24) is 19.6 Å². The average molecular weight is 192 g/mol. The number of carbonyl (C=O) groups is 1. The molecule has 0 unspecified atom stereocenters.